The predicted octanol–water partition coefficient (Wildman–Crippen LogP) is 1.82. The van der Waals surface area contributed by atoms with Crippen molar-refractivity contribution in [2.24, 2.45) is 5.92 Å². The topological polar surface area (TPSA) is 83.6 Å². The lowest BCUT2D eigenvalue weighted by molar-refractivity contribution is -0.138. The van der Waals surface area contributed by atoms with Crippen LogP contribution in [0.1, 0.15) is 65.7 Å². The van der Waals surface area contributed by atoms with E-state index in [-0.39, 0.29) is 23.5 Å². The molecule has 6 nitrogen and oxygen atoms in total. The van der Waals surface area contributed by atoms with Gasteiger partial charge < -0.3 is 5.32 Å². The zero-order valence-corrected chi connectivity index (χ0v) is 14.4. The molecule has 1 fully saturated rings. The highest BCUT2D eigenvalue weighted by molar-refractivity contribution is 6.01. The SMILES string of the molecule is CC(=O)[C@@H](CC(C)C)NC(=O)CCCCCN1C(=O)CCC1=O. The molecule has 0 unspecified atom stereocenters. The Morgan fingerprint density at radius 2 is 1.70 bits per heavy atom. The molecule has 3 amide bonds. The molecule has 130 valence electrons. The Kier molecular flexibility index (Phi) is 7.92. The Morgan fingerprint density at radius 3 is 2.22 bits per heavy atom. The van der Waals surface area contributed by atoms with Crippen LogP contribution in [-0.4, -0.2) is 41.0 Å². The van der Waals surface area contributed by atoms with Crippen molar-refractivity contribution in [3.8, 4) is 0 Å². The van der Waals surface area contributed by atoms with E-state index in [1.807, 2.05) is 13.8 Å². The van der Waals surface area contributed by atoms with Gasteiger partial charge in [0.15, 0.2) is 5.78 Å². The lowest BCUT2D eigenvalue weighted by Crippen LogP contribution is -2.40. The summed E-state index contributed by atoms with van der Waals surface area (Å²) < 4.78 is 0. The van der Waals surface area contributed by atoms with Crippen molar-refractivity contribution in [3.63, 3.8) is 0 Å². The number of likely N-dealkylation sites (tertiary alicyclic amines) is 1. The molecular formula is C17H28N2O4. The molecule has 1 saturated heterocycles. The molecule has 1 aliphatic heterocycles. The number of carbonyl (C=O) groups is 4. The fraction of sp³-hybridized carbons (Fsp3) is 0.765. The van der Waals surface area contributed by atoms with Gasteiger partial charge in [0.1, 0.15) is 0 Å². The van der Waals surface area contributed by atoms with E-state index in [0.29, 0.717) is 51.0 Å². The molecule has 0 bridgehead atoms. The van der Waals surface area contributed by atoms with Crippen molar-refractivity contribution < 1.29 is 19.2 Å². The zero-order chi connectivity index (χ0) is 17.4. The minimum atomic E-state index is -0.401. The van der Waals surface area contributed by atoms with E-state index in [4.69, 9.17) is 0 Å². The Morgan fingerprint density at radius 1 is 1.09 bits per heavy atom. The highest BCUT2D eigenvalue weighted by atomic mass is 16.2. The fourth-order valence-electron chi connectivity index (χ4n) is 2.67. The van der Waals surface area contributed by atoms with Crippen LogP contribution in [0, 0.1) is 5.92 Å². The summed E-state index contributed by atoms with van der Waals surface area (Å²) in [6, 6.07) is -0.401. The summed E-state index contributed by atoms with van der Waals surface area (Å²) in [5, 5.41) is 2.79. The summed E-state index contributed by atoms with van der Waals surface area (Å²) in [6.45, 7) is 5.98. The van der Waals surface area contributed by atoms with Gasteiger partial charge in [0, 0.05) is 25.8 Å². The molecule has 0 aromatic rings. The van der Waals surface area contributed by atoms with Crippen molar-refractivity contribution in [3.05, 3.63) is 0 Å². The van der Waals surface area contributed by atoms with Gasteiger partial charge in [-0.05, 0) is 32.1 Å². The number of hydrogen-bond acceptors (Lipinski definition) is 4. The first-order valence-corrected chi connectivity index (χ1v) is 8.44. The third-order valence-corrected chi connectivity index (χ3v) is 3.97. The quantitative estimate of drug-likeness (QED) is 0.491. The molecule has 0 aromatic heterocycles. The zero-order valence-electron chi connectivity index (χ0n) is 14.4. The minimum absolute atomic E-state index is 0.0156. The van der Waals surface area contributed by atoms with Crippen LogP contribution in [0.5, 0.6) is 0 Å². The standard InChI is InChI=1S/C17H28N2O4/c1-12(2)11-14(13(3)20)18-15(21)7-5-4-6-10-19-16(22)8-9-17(19)23/h12,14H,4-11H2,1-3H3,(H,18,21)/t14-/m1/s1. The Balaban J connectivity index is 2.19. The lowest BCUT2D eigenvalue weighted by Gasteiger charge is -2.18. The maximum atomic E-state index is 11.9. The van der Waals surface area contributed by atoms with E-state index in [0.717, 1.165) is 6.42 Å². The second kappa shape index (κ2) is 9.43. The number of nitrogens with zero attached hydrogens (tertiary/aromatic N) is 1. The molecule has 0 aliphatic carbocycles. The van der Waals surface area contributed by atoms with Crippen LogP contribution in [0.25, 0.3) is 0 Å². The maximum Gasteiger partial charge on any atom is 0.229 e. The molecule has 1 aliphatic rings. The van der Waals surface area contributed by atoms with Gasteiger partial charge in [-0.1, -0.05) is 20.3 Å². The van der Waals surface area contributed by atoms with Crippen LogP contribution in [0.2, 0.25) is 0 Å². The number of ketones is 1. The van der Waals surface area contributed by atoms with Crippen LogP contribution in [-0.2, 0) is 19.2 Å². The fourth-order valence-corrected chi connectivity index (χ4v) is 2.67. The molecule has 1 N–H and O–H groups in total. The van der Waals surface area contributed by atoms with Crippen molar-refractivity contribution in [1.29, 1.82) is 0 Å². The Bertz CT molecular complexity index is 444. The van der Waals surface area contributed by atoms with Gasteiger partial charge in [-0.25, -0.2) is 0 Å². The summed E-state index contributed by atoms with van der Waals surface area (Å²) in [6.07, 6.45) is 3.84. The van der Waals surface area contributed by atoms with E-state index in [1.165, 1.54) is 11.8 Å². The summed E-state index contributed by atoms with van der Waals surface area (Å²) in [5.41, 5.74) is 0. The molecule has 0 radical (unpaired) electrons. The van der Waals surface area contributed by atoms with Crippen molar-refractivity contribution in [2.45, 2.75) is 71.8 Å². The molecule has 6 heteroatoms. The number of Topliss-reactive ketones (excluding diaryl/α,β-unsaturated/α-hetero) is 1. The van der Waals surface area contributed by atoms with Gasteiger partial charge >= 0.3 is 0 Å². The Labute approximate surface area is 138 Å². The molecule has 1 rings (SSSR count). The summed E-state index contributed by atoms with van der Waals surface area (Å²) in [7, 11) is 0. The van der Waals surface area contributed by atoms with Crippen molar-refractivity contribution in [1.82, 2.24) is 10.2 Å². The van der Waals surface area contributed by atoms with E-state index in [2.05, 4.69) is 5.32 Å². The third kappa shape index (κ3) is 6.93. The van der Waals surface area contributed by atoms with Crippen LogP contribution in [0.3, 0.4) is 0 Å². The number of amides is 3. The van der Waals surface area contributed by atoms with Gasteiger partial charge in [0.2, 0.25) is 17.7 Å². The van der Waals surface area contributed by atoms with Gasteiger partial charge in [0.25, 0.3) is 0 Å². The van der Waals surface area contributed by atoms with Crippen LogP contribution < -0.4 is 5.32 Å². The van der Waals surface area contributed by atoms with Gasteiger partial charge in [-0.15, -0.1) is 0 Å². The van der Waals surface area contributed by atoms with E-state index < -0.39 is 6.04 Å². The smallest absolute Gasteiger partial charge is 0.229 e. The molecule has 0 saturated carbocycles. The first kappa shape index (κ1) is 19.3. The lowest BCUT2D eigenvalue weighted by atomic mass is 10.0. The number of nitrogens with one attached hydrogen (secondary N) is 1. The first-order valence-electron chi connectivity index (χ1n) is 8.44. The molecule has 0 spiro atoms. The molecule has 23 heavy (non-hydrogen) atoms. The van der Waals surface area contributed by atoms with E-state index in [1.54, 1.807) is 0 Å². The largest absolute Gasteiger partial charge is 0.346 e. The van der Waals surface area contributed by atoms with Crippen LogP contribution in [0.15, 0.2) is 0 Å². The number of rotatable bonds is 10. The first-order chi connectivity index (χ1) is 10.8. The van der Waals surface area contributed by atoms with E-state index >= 15 is 0 Å². The summed E-state index contributed by atoms with van der Waals surface area (Å²) in [5.74, 6) is 0.0356. The average Bonchev–Trinajstić information content (AvgIpc) is 2.77. The van der Waals surface area contributed by atoms with Crippen molar-refractivity contribution >= 4 is 23.5 Å². The third-order valence-electron chi connectivity index (χ3n) is 3.97. The molecular weight excluding hydrogens is 296 g/mol. The molecule has 1 atom stereocenters. The van der Waals surface area contributed by atoms with Gasteiger partial charge in [-0.3, -0.25) is 24.1 Å². The number of hydrogen-bond donors (Lipinski definition) is 1. The molecule has 0 aromatic carbocycles. The number of carbonyl (C=O) groups excluding carboxylic acids is 4. The second-order valence-corrected chi connectivity index (χ2v) is 6.61. The van der Waals surface area contributed by atoms with Crippen molar-refractivity contribution in [2.75, 3.05) is 6.54 Å². The summed E-state index contributed by atoms with van der Waals surface area (Å²) in [4.78, 5) is 47.6. The summed E-state index contributed by atoms with van der Waals surface area (Å²) >= 11 is 0. The maximum absolute atomic E-state index is 11.9. The Hall–Kier alpha value is -1.72. The normalized spacial score (nSPS) is 16.1. The van der Waals surface area contributed by atoms with E-state index in [9.17, 15) is 19.2 Å². The van der Waals surface area contributed by atoms with Gasteiger partial charge in [-0.2, -0.15) is 0 Å². The highest BCUT2D eigenvalue weighted by Crippen LogP contribution is 2.13. The van der Waals surface area contributed by atoms with Crippen LogP contribution in [0.4, 0.5) is 0 Å². The van der Waals surface area contributed by atoms with Crippen LogP contribution >= 0.6 is 0 Å². The van der Waals surface area contributed by atoms with Gasteiger partial charge in [0.05, 0.1) is 6.04 Å². The monoisotopic (exact) mass is 324 g/mol. The number of imide groups is 1. The minimum Gasteiger partial charge on any atom is -0.346 e. The molecule has 1 heterocycles. The second-order valence-electron chi connectivity index (χ2n) is 6.61. The average molecular weight is 324 g/mol. The number of unbranched alkanes of at least 4 members (excludes halogenated alkanes) is 2. The predicted molar refractivity (Wildman–Crippen MR) is 86.5 cm³/mol. The highest BCUT2D eigenvalue weighted by Gasteiger charge is 2.27.